The normalized spacial score (nSPS) is 12.2. The highest BCUT2D eigenvalue weighted by molar-refractivity contribution is 6.19. The minimum atomic E-state index is -0.389. The van der Waals surface area contributed by atoms with Gasteiger partial charge in [-0.05, 0) is 19.1 Å². The lowest BCUT2D eigenvalue weighted by molar-refractivity contribution is -0.121. The maximum atomic E-state index is 13.5. The fourth-order valence-electron chi connectivity index (χ4n) is 1.45. The van der Waals surface area contributed by atoms with Crippen molar-refractivity contribution in [2.75, 3.05) is 17.3 Å². The van der Waals surface area contributed by atoms with Gasteiger partial charge in [0.1, 0.15) is 5.82 Å². The van der Waals surface area contributed by atoms with Crippen LogP contribution in [-0.2, 0) is 4.79 Å². The van der Waals surface area contributed by atoms with Crippen molar-refractivity contribution in [3.63, 3.8) is 0 Å². The van der Waals surface area contributed by atoms with E-state index in [0.29, 0.717) is 12.2 Å². The highest BCUT2D eigenvalue weighted by atomic mass is 35.5. The van der Waals surface area contributed by atoms with Crippen molar-refractivity contribution in [3.8, 4) is 0 Å². The lowest BCUT2D eigenvalue weighted by Crippen LogP contribution is -2.36. The second-order valence-electron chi connectivity index (χ2n) is 3.59. The molecule has 1 aromatic carbocycles. The third-order valence-corrected chi connectivity index (χ3v) is 2.84. The zero-order valence-corrected chi connectivity index (χ0v) is 10.2. The number of para-hydroxylation sites is 1. The van der Waals surface area contributed by atoms with Crippen molar-refractivity contribution >= 4 is 23.2 Å². The first kappa shape index (κ1) is 13.0. The Kier molecular flexibility index (Phi) is 4.74. The molecule has 1 atom stereocenters. The summed E-state index contributed by atoms with van der Waals surface area (Å²) in [6.07, 6.45) is 0. The summed E-state index contributed by atoms with van der Waals surface area (Å²) in [7, 11) is 0. The van der Waals surface area contributed by atoms with Crippen molar-refractivity contribution in [3.05, 3.63) is 30.1 Å². The number of benzene rings is 1. The average Bonchev–Trinajstić information content (AvgIpc) is 2.31. The van der Waals surface area contributed by atoms with Crippen LogP contribution in [0.2, 0.25) is 0 Å². The van der Waals surface area contributed by atoms with Crippen molar-refractivity contribution in [2.24, 2.45) is 5.92 Å². The van der Waals surface area contributed by atoms with Gasteiger partial charge in [-0.25, -0.2) is 4.39 Å². The van der Waals surface area contributed by atoms with Gasteiger partial charge in [0.15, 0.2) is 0 Å². The second-order valence-corrected chi connectivity index (χ2v) is 3.90. The van der Waals surface area contributed by atoms with Gasteiger partial charge in [0.25, 0.3) is 0 Å². The quantitative estimate of drug-likeness (QED) is 0.745. The van der Waals surface area contributed by atoms with Gasteiger partial charge in [-0.2, -0.15) is 0 Å². The zero-order valence-electron chi connectivity index (χ0n) is 9.41. The molecule has 0 saturated heterocycles. The van der Waals surface area contributed by atoms with Crippen LogP contribution >= 0.6 is 11.6 Å². The number of nitrogens with zero attached hydrogens (tertiary/aromatic N) is 1. The summed E-state index contributed by atoms with van der Waals surface area (Å²) in [6, 6.07) is 6.25. The van der Waals surface area contributed by atoms with Gasteiger partial charge in [-0.15, -0.1) is 11.6 Å². The summed E-state index contributed by atoms with van der Waals surface area (Å²) in [5.41, 5.74) is 0.312. The Hall–Kier alpha value is -1.09. The van der Waals surface area contributed by atoms with Gasteiger partial charge >= 0.3 is 0 Å². The number of amides is 1. The Morgan fingerprint density at radius 1 is 1.50 bits per heavy atom. The van der Waals surface area contributed by atoms with Crippen molar-refractivity contribution < 1.29 is 9.18 Å². The molecule has 0 aromatic heterocycles. The van der Waals surface area contributed by atoms with Gasteiger partial charge in [0.05, 0.1) is 5.69 Å². The summed E-state index contributed by atoms with van der Waals surface area (Å²) in [5.74, 6) is -0.604. The number of halogens is 2. The van der Waals surface area contributed by atoms with Gasteiger partial charge < -0.3 is 4.90 Å². The molecule has 0 saturated carbocycles. The minimum absolute atomic E-state index is 0.150. The maximum absolute atomic E-state index is 13.5. The first-order chi connectivity index (χ1) is 7.61. The fraction of sp³-hybridized carbons (Fsp3) is 0.417. The van der Waals surface area contributed by atoms with E-state index in [1.807, 2.05) is 6.92 Å². The third kappa shape index (κ3) is 2.73. The topological polar surface area (TPSA) is 20.3 Å². The molecule has 1 aromatic rings. The van der Waals surface area contributed by atoms with E-state index in [1.165, 1.54) is 11.0 Å². The van der Waals surface area contributed by atoms with E-state index in [9.17, 15) is 9.18 Å². The number of alkyl halides is 1. The van der Waals surface area contributed by atoms with Crippen LogP contribution < -0.4 is 4.90 Å². The lowest BCUT2D eigenvalue weighted by atomic mass is 10.1. The maximum Gasteiger partial charge on any atom is 0.231 e. The zero-order chi connectivity index (χ0) is 12.1. The van der Waals surface area contributed by atoms with Gasteiger partial charge in [0.2, 0.25) is 5.91 Å². The molecule has 0 N–H and O–H groups in total. The molecule has 4 heteroatoms. The Morgan fingerprint density at radius 3 is 2.62 bits per heavy atom. The molecule has 0 aliphatic rings. The Morgan fingerprint density at radius 2 is 2.12 bits per heavy atom. The highest BCUT2D eigenvalue weighted by Gasteiger charge is 2.21. The van der Waals surface area contributed by atoms with Gasteiger partial charge in [-0.1, -0.05) is 19.1 Å². The van der Waals surface area contributed by atoms with Crippen LogP contribution in [0.15, 0.2) is 24.3 Å². The average molecular weight is 244 g/mol. The summed E-state index contributed by atoms with van der Waals surface area (Å²) in [6.45, 7) is 3.98. The van der Waals surface area contributed by atoms with E-state index < -0.39 is 0 Å². The van der Waals surface area contributed by atoms with E-state index in [0.717, 1.165) is 0 Å². The van der Waals surface area contributed by atoms with Crippen molar-refractivity contribution in [2.45, 2.75) is 13.8 Å². The van der Waals surface area contributed by atoms with E-state index in [4.69, 9.17) is 11.6 Å². The molecule has 0 radical (unpaired) electrons. The van der Waals surface area contributed by atoms with Gasteiger partial charge in [0, 0.05) is 18.3 Å². The molecule has 0 aliphatic carbocycles. The number of hydrogen-bond acceptors (Lipinski definition) is 1. The molecule has 0 aliphatic heterocycles. The number of rotatable bonds is 4. The van der Waals surface area contributed by atoms with Crippen LogP contribution in [0.1, 0.15) is 13.8 Å². The predicted octanol–water partition coefficient (Wildman–Crippen LogP) is 3.05. The Bertz CT molecular complexity index is 370. The molecule has 88 valence electrons. The number of hydrogen-bond donors (Lipinski definition) is 0. The number of anilines is 1. The van der Waals surface area contributed by atoms with Crippen molar-refractivity contribution in [1.29, 1.82) is 0 Å². The largest absolute Gasteiger partial charge is 0.310 e. The molecule has 0 heterocycles. The van der Waals surface area contributed by atoms with Gasteiger partial charge in [-0.3, -0.25) is 4.79 Å². The molecule has 0 fully saturated rings. The minimum Gasteiger partial charge on any atom is -0.310 e. The molecule has 1 rings (SSSR count). The first-order valence-electron chi connectivity index (χ1n) is 5.23. The summed E-state index contributed by atoms with van der Waals surface area (Å²) >= 11 is 5.63. The highest BCUT2D eigenvalue weighted by Crippen LogP contribution is 2.20. The predicted molar refractivity (Wildman–Crippen MR) is 64.3 cm³/mol. The first-order valence-corrected chi connectivity index (χ1v) is 5.77. The monoisotopic (exact) mass is 243 g/mol. The van der Waals surface area contributed by atoms with Crippen molar-refractivity contribution in [1.82, 2.24) is 0 Å². The van der Waals surface area contributed by atoms with E-state index in [1.54, 1.807) is 25.1 Å². The van der Waals surface area contributed by atoms with Crippen LogP contribution in [0.25, 0.3) is 0 Å². The smallest absolute Gasteiger partial charge is 0.231 e. The number of carbonyl (C=O) groups is 1. The third-order valence-electron chi connectivity index (χ3n) is 2.38. The standard InChI is InChI=1S/C12H15ClFNO/c1-3-15(12(16)9(2)8-13)11-7-5-4-6-10(11)14/h4-7,9H,3,8H2,1-2H3. The molecule has 1 unspecified atom stereocenters. The SMILES string of the molecule is CCN(C(=O)C(C)CCl)c1ccccc1F. The fourth-order valence-corrected chi connectivity index (χ4v) is 1.58. The Balaban J connectivity index is 2.99. The van der Waals surface area contributed by atoms with E-state index >= 15 is 0 Å². The molecule has 0 bridgehead atoms. The van der Waals surface area contributed by atoms with Crippen LogP contribution in [0.5, 0.6) is 0 Å². The lowest BCUT2D eigenvalue weighted by Gasteiger charge is -2.24. The molecule has 16 heavy (non-hydrogen) atoms. The number of carbonyl (C=O) groups excluding carboxylic acids is 1. The van der Waals surface area contributed by atoms with E-state index in [-0.39, 0.29) is 23.5 Å². The Labute approximate surface area is 100 Å². The molecular formula is C12H15ClFNO. The molecule has 1 amide bonds. The summed E-state index contributed by atoms with van der Waals surface area (Å²) in [5, 5.41) is 0. The van der Waals surface area contributed by atoms with Crippen LogP contribution in [0.4, 0.5) is 10.1 Å². The molecular weight excluding hydrogens is 229 g/mol. The summed E-state index contributed by atoms with van der Waals surface area (Å²) < 4.78 is 13.5. The van der Waals surface area contributed by atoms with Crippen LogP contribution in [0, 0.1) is 11.7 Å². The molecule has 2 nitrogen and oxygen atoms in total. The molecule has 0 spiro atoms. The second kappa shape index (κ2) is 5.85. The van der Waals surface area contributed by atoms with Crippen LogP contribution in [-0.4, -0.2) is 18.3 Å². The van der Waals surface area contributed by atoms with Crippen LogP contribution in [0.3, 0.4) is 0 Å². The van der Waals surface area contributed by atoms with E-state index in [2.05, 4.69) is 0 Å². The summed E-state index contributed by atoms with van der Waals surface area (Å²) in [4.78, 5) is 13.4.